The summed E-state index contributed by atoms with van der Waals surface area (Å²) < 4.78 is 0. The molecule has 3 N–H and O–H groups in total. The summed E-state index contributed by atoms with van der Waals surface area (Å²) in [6.07, 6.45) is 0.943. The Morgan fingerprint density at radius 2 is 1.91 bits per heavy atom. The molecule has 0 atom stereocenters. The highest BCUT2D eigenvalue weighted by Crippen LogP contribution is 2.14. The van der Waals surface area contributed by atoms with Crippen LogP contribution in [0.15, 0.2) is 48.5 Å². The number of aryl methyl sites for hydroxylation is 1. The number of benzene rings is 2. The Bertz CT molecular complexity index is 691. The first-order valence-corrected chi connectivity index (χ1v) is 7.59. The Hall–Kier alpha value is -2.11. The highest BCUT2D eigenvalue weighted by Gasteiger charge is 2.09. The lowest BCUT2D eigenvalue weighted by atomic mass is 10.1. The second-order valence-electron chi connectivity index (χ2n) is 4.57. The van der Waals surface area contributed by atoms with Crippen molar-refractivity contribution in [2.24, 2.45) is 0 Å². The molecule has 114 valence electrons. The smallest absolute Gasteiger partial charge is 0.271 e. The largest absolute Gasteiger partial charge is 0.331 e. The van der Waals surface area contributed by atoms with Gasteiger partial charge in [-0.15, -0.1) is 0 Å². The fourth-order valence-electron chi connectivity index (χ4n) is 1.86. The molecule has 4 nitrogen and oxygen atoms in total. The predicted octanol–water partition coefficient (Wildman–Crippen LogP) is 3.53. The number of hydrogen-bond donors (Lipinski definition) is 3. The molecule has 0 heterocycles. The number of amides is 1. The molecule has 22 heavy (non-hydrogen) atoms. The van der Waals surface area contributed by atoms with Crippen molar-refractivity contribution in [3.8, 4) is 0 Å². The number of carbonyl (C=O) groups is 1. The van der Waals surface area contributed by atoms with Crippen molar-refractivity contribution in [3.63, 3.8) is 0 Å². The Labute approximate surface area is 139 Å². The molecule has 0 saturated heterocycles. The van der Waals surface area contributed by atoms with Crippen LogP contribution in [0.3, 0.4) is 0 Å². The third-order valence-corrected chi connectivity index (χ3v) is 3.53. The Kier molecular flexibility index (Phi) is 5.75. The van der Waals surface area contributed by atoms with E-state index in [4.69, 9.17) is 23.8 Å². The van der Waals surface area contributed by atoms with Gasteiger partial charge >= 0.3 is 0 Å². The van der Waals surface area contributed by atoms with E-state index in [9.17, 15) is 4.79 Å². The first-order chi connectivity index (χ1) is 10.6. The molecule has 0 unspecified atom stereocenters. The lowest BCUT2D eigenvalue weighted by Crippen LogP contribution is -2.43. The van der Waals surface area contributed by atoms with Gasteiger partial charge in [0.15, 0.2) is 5.11 Å². The van der Waals surface area contributed by atoms with Gasteiger partial charge in [0.1, 0.15) is 0 Å². The molecule has 2 aromatic rings. The fraction of sp³-hybridized carbons (Fsp3) is 0.125. The number of hydrazine groups is 1. The Balaban J connectivity index is 1.90. The molecule has 0 aliphatic carbocycles. The van der Waals surface area contributed by atoms with Crippen LogP contribution in [0.2, 0.25) is 5.02 Å². The van der Waals surface area contributed by atoms with Gasteiger partial charge in [-0.1, -0.05) is 42.8 Å². The highest BCUT2D eigenvalue weighted by molar-refractivity contribution is 7.80. The molecule has 1 amide bonds. The summed E-state index contributed by atoms with van der Waals surface area (Å²) in [7, 11) is 0. The van der Waals surface area contributed by atoms with Crippen LogP contribution in [0.1, 0.15) is 22.8 Å². The van der Waals surface area contributed by atoms with Crippen LogP contribution in [-0.2, 0) is 6.42 Å². The minimum atomic E-state index is -0.350. The minimum absolute atomic E-state index is 0.300. The molecule has 0 aliphatic heterocycles. The second-order valence-corrected chi connectivity index (χ2v) is 5.38. The van der Waals surface area contributed by atoms with Crippen LogP contribution in [0.25, 0.3) is 0 Å². The van der Waals surface area contributed by atoms with Gasteiger partial charge in [0.25, 0.3) is 5.91 Å². The van der Waals surface area contributed by atoms with Gasteiger partial charge in [0.2, 0.25) is 0 Å². The van der Waals surface area contributed by atoms with Gasteiger partial charge in [0.05, 0.1) is 10.6 Å². The first-order valence-electron chi connectivity index (χ1n) is 6.81. The summed E-state index contributed by atoms with van der Waals surface area (Å²) in [6, 6.07) is 14.7. The summed E-state index contributed by atoms with van der Waals surface area (Å²) in [5.74, 6) is -0.350. The molecule has 0 saturated carbocycles. The maximum Gasteiger partial charge on any atom is 0.271 e. The molecule has 0 aromatic heterocycles. The van der Waals surface area contributed by atoms with E-state index in [-0.39, 0.29) is 5.91 Å². The van der Waals surface area contributed by atoms with Crippen molar-refractivity contribution in [2.75, 3.05) is 5.32 Å². The van der Waals surface area contributed by atoms with E-state index in [1.54, 1.807) is 24.3 Å². The van der Waals surface area contributed by atoms with Crippen LogP contribution in [0.4, 0.5) is 5.69 Å². The molecule has 0 radical (unpaired) electrons. The van der Waals surface area contributed by atoms with Crippen molar-refractivity contribution in [2.45, 2.75) is 13.3 Å². The first kappa shape index (κ1) is 16.3. The minimum Gasteiger partial charge on any atom is -0.331 e. The SMILES string of the molecule is CCc1cccc(NC(=S)NNC(=O)c2ccccc2Cl)c1. The number of carbonyl (C=O) groups excluding carboxylic acids is 1. The molecular formula is C16H16ClN3OS. The zero-order valence-corrected chi connectivity index (χ0v) is 13.6. The Morgan fingerprint density at radius 1 is 1.14 bits per heavy atom. The number of rotatable bonds is 3. The molecule has 0 bridgehead atoms. The maximum absolute atomic E-state index is 12.0. The zero-order valence-electron chi connectivity index (χ0n) is 12.0. The van der Waals surface area contributed by atoms with Crippen LogP contribution < -0.4 is 16.2 Å². The van der Waals surface area contributed by atoms with Crippen LogP contribution in [0, 0.1) is 0 Å². The summed E-state index contributed by atoms with van der Waals surface area (Å²) in [5.41, 5.74) is 7.62. The number of nitrogens with one attached hydrogen (secondary N) is 3. The fourth-order valence-corrected chi connectivity index (χ4v) is 2.25. The van der Waals surface area contributed by atoms with Crippen LogP contribution in [-0.4, -0.2) is 11.0 Å². The van der Waals surface area contributed by atoms with Gasteiger partial charge in [0, 0.05) is 5.69 Å². The van der Waals surface area contributed by atoms with E-state index in [0.29, 0.717) is 15.7 Å². The predicted molar refractivity (Wildman–Crippen MR) is 94.1 cm³/mol. The molecule has 2 aromatic carbocycles. The van der Waals surface area contributed by atoms with E-state index < -0.39 is 0 Å². The molecule has 0 aliphatic rings. The summed E-state index contributed by atoms with van der Waals surface area (Å²) in [4.78, 5) is 12.0. The standard InChI is InChI=1S/C16H16ClN3OS/c1-2-11-6-5-7-12(10-11)18-16(22)20-19-15(21)13-8-3-4-9-14(13)17/h3-10H,2H2,1H3,(H,19,21)(H2,18,20,22). The summed E-state index contributed by atoms with van der Waals surface area (Å²) >= 11 is 11.1. The van der Waals surface area contributed by atoms with Crippen molar-refractivity contribution in [1.29, 1.82) is 0 Å². The van der Waals surface area contributed by atoms with Crippen molar-refractivity contribution < 1.29 is 4.79 Å². The van der Waals surface area contributed by atoms with Gasteiger partial charge < -0.3 is 5.32 Å². The quantitative estimate of drug-likeness (QED) is 0.594. The summed E-state index contributed by atoms with van der Waals surface area (Å²) in [6.45, 7) is 2.08. The highest BCUT2D eigenvalue weighted by atomic mass is 35.5. The normalized spacial score (nSPS) is 9.91. The average molecular weight is 334 g/mol. The van der Waals surface area contributed by atoms with Gasteiger partial charge in [-0.3, -0.25) is 15.6 Å². The van der Waals surface area contributed by atoms with Gasteiger partial charge in [-0.05, 0) is 48.5 Å². The van der Waals surface area contributed by atoms with E-state index in [1.807, 2.05) is 24.3 Å². The molecule has 0 spiro atoms. The lowest BCUT2D eigenvalue weighted by molar-refractivity contribution is 0.0944. The van der Waals surface area contributed by atoms with Gasteiger partial charge in [-0.2, -0.15) is 0 Å². The lowest BCUT2D eigenvalue weighted by Gasteiger charge is -2.12. The number of hydrogen-bond acceptors (Lipinski definition) is 2. The number of halogens is 1. The molecule has 2 rings (SSSR count). The number of thiocarbonyl (C=S) groups is 1. The average Bonchev–Trinajstić information content (AvgIpc) is 2.53. The monoisotopic (exact) mass is 333 g/mol. The maximum atomic E-state index is 12.0. The zero-order chi connectivity index (χ0) is 15.9. The molecule has 6 heteroatoms. The van der Waals surface area contributed by atoms with E-state index in [1.165, 1.54) is 5.56 Å². The second kappa shape index (κ2) is 7.77. The third kappa shape index (κ3) is 4.44. The number of anilines is 1. The van der Waals surface area contributed by atoms with Gasteiger partial charge in [-0.25, -0.2) is 0 Å². The van der Waals surface area contributed by atoms with E-state index >= 15 is 0 Å². The van der Waals surface area contributed by atoms with E-state index in [2.05, 4.69) is 23.1 Å². The van der Waals surface area contributed by atoms with Crippen molar-refractivity contribution in [1.82, 2.24) is 10.9 Å². The third-order valence-electron chi connectivity index (χ3n) is 3.00. The van der Waals surface area contributed by atoms with Crippen molar-refractivity contribution in [3.05, 3.63) is 64.7 Å². The van der Waals surface area contributed by atoms with Crippen LogP contribution >= 0.6 is 23.8 Å². The van der Waals surface area contributed by atoms with E-state index in [0.717, 1.165) is 12.1 Å². The summed E-state index contributed by atoms with van der Waals surface area (Å²) in [5, 5.41) is 3.70. The molecular weight excluding hydrogens is 318 g/mol. The molecule has 0 fully saturated rings. The topological polar surface area (TPSA) is 53.2 Å². The Morgan fingerprint density at radius 3 is 2.64 bits per heavy atom. The van der Waals surface area contributed by atoms with Crippen LogP contribution in [0.5, 0.6) is 0 Å². The van der Waals surface area contributed by atoms with Crippen molar-refractivity contribution >= 4 is 40.5 Å².